The van der Waals surface area contributed by atoms with Crippen molar-refractivity contribution in [2.75, 3.05) is 16.6 Å². The third-order valence-corrected chi connectivity index (χ3v) is 7.56. The van der Waals surface area contributed by atoms with Crippen LogP contribution in [0.3, 0.4) is 0 Å². The number of benzene rings is 1. The molecule has 39 heavy (non-hydrogen) atoms. The number of carbonyl (C=O) groups is 2. The predicted octanol–water partition coefficient (Wildman–Crippen LogP) is 1.33. The van der Waals surface area contributed by atoms with Crippen LogP contribution in [0, 0.1) is 0 Å². The van der Waals surface area contributed by atoms with Crippen molar-refractivity contribution in [2.24, 2.45) is 0 Å². The number of nitrogens with one attached hydrogen (secondary N) is 3. The smallest absolute Gasteiger partial charge is 0.263 e. The summed E-state index contributed by atoms with van der Waals surface area (Å²) in [4.78, 5) is 29.5. The van der Waals surface area contributed by atoms with Crippen LogP contribution in [0.1, 0.15) is 27.7 Å². The van der Waals surface area contributed by atoms with Gasteiger partial charge in [-0.05, 0) is 64.1 Å². The molecule has 0 aliphatic carbocycles. The highest BCUT2D eigenvalue weighted by Gasteiger charge is 2.62. The molecule has 0 bridgehead atoms. The Morgan fingerprint density at radius 3 is 2.26 bits per heavy atom. The second-order valence-corrected chi connectivity index (χ2v) is 11.9. The number of rotatable bonds is 7. The second-order valence-electron chi connectivity index (χ2n) is 10.2. The van der Waals surface area contributed by atoms with Gasteiger partial charge in [0, 0.05) is 11.9 Å². The van der Waals surface area contributed by atoms with E-state index in [2.05, 4.69) is 20.3 Å². The maximum Gasteiger partial charge on any atom is 0.263 e. The summed E-state index contributed by atoms with van der Waals surface area (Å²) in [5.74, 6) is -2.81. The van der Waals surface area contributed by atoms with Crippen molar-refractivity contribution >= 4 is 33.3 Å². The zero-order chi connectivity index (χ0) is 28.0. The Morgan fingerprint density at radius 1 is 0.897 bits per heavy atom. The summed E-state index contributed by atoms with van der Waals surface area (Å²) in [6, 6.07) is 10.4. The van der Waals surface area contributed by atoms with Gasteiger partial charge in [0.15, 0.2) is 24.0 Å². The van der Waals surface area contributed by atoms with Crippen LogP contribution < -0.4 is 15.4 Å². The van der Waals surface area contributed by atoms with Gasteiger partial charge in [0.1, 0.15) is 24.1 Å². The van der Waals surface area contributed by atoms with E-state index >= 15 is 0 Å². The molecule has 13 nitrogen and oxygen atoms in total. The summed E-state index contributed by atoms with van der Waals surface area (Å²) < 4.78 is 57.0. The number of carbonyl (C=O) groups excluding carboxylic acids is 2. The van der Waals surface area contributed by atoms with E-state index in [1.165, 1.54) is 36.5 Å². The first-order valence-electron chi connectivity index (χ1n) is 12.3. The van der Waals surface area contributed by atoms with Crippen molar-refractivity contribution in [3.63, 3.8) is 0 Å². The molecule has 3 saturated heterocycles. The number of nitrogens with zero attached hydrogens (tertiary/aromatic N) is 1. The van der Waals surface area contributed by atoms with Crippen molar-refractivity contribution < 1.29 is 41.7 Å². The molecule has 1 aromatic heterocycles. The maximum atomic E-state index is 13.0. The topological polar surface area (TPSA) is 163 Å². The molecular weight excluding hydrogens is 532 g/mol. The number of pyridine rings is 1. The van der Waals surface area contributed by atoms with Gasteiger partial charge in [-0.3, -0.25) is 14.3 Å². The fourth-order valence-electron chi connectivity index (χ4n) is 4.63. The molecule has 0 radical (unpaired) electrons. The number of anilines is 2. The number of hydrogen-bond donors (Lipinski definition) is 3. The highest BCUT2D eigenvalue weighted by molar-refractivity contribution is 7.92. The minimum atomic E-state index is -3.86. The monoisotopic (exact) mass is 562 g/mol. The van der Waals surface area contributed by atoms with E-state index in [1.807, 2.05) is 0 Å². The molecule has 2 amide bonds. The molecule has 1 aromatic carbocycles. The van der Waals surface area contributed by atoms with E-state index in [1.54, 1.807) is 39.8 Å². The molecule has 0 saturated carbocycles. The molecule has 3 N–H and O–H groups in total. The minimum Gasteiger partial charge on any atom is -0.345 e. The highest BCUT2D eigenvalue weighted by atomic mass is 32.2. The Kier molecular flexibility index (Phi) is 7.11. The third-order valence-electron chi connectivity index (χ3n) is 6.19. The molecule has 5 atom stereocenters. The van der Waals surface area contributed by atoms with Crippen LogP contribution in [-0.4, -0.2) is 74.0 Å². The molecule has 210 valence electrons. The number of aromatic nitrogens is 1. The molecule has 3 aliphatic heterocycles. The summed E-state index contributed by atoms with van der Waals surface area (Å²) in [6.45, 7) is 6.58. The van der Waals surface area contributed by atoms with Crippen LogP contribution in [0.25, 0.3) is 0 Å². The predicted molar refractivity (Wildman–Crippen MR) is 136 cm³/mol. The van der Waals surface area contributed by atoms with Gasteiger partial charge in [0.05, 0.1) is 11.4 Å². The molecule has 14 heteroatoms. The first kappa shape index (κ1) is 27.4. The average Bonchev–Trinajstić information content (AvgIpc) is 3.36. The maximum absolute atomic E-state index is 13.0. The Labute approximate surface area is 225 Å². The molecule has 0 unspecified atom stereocenters. The van der Waals surface area contributed by atoms with E-state index in [9.17, 15) is 18.0 Å². The van der Waals surface area contributed by atoms with Crippen molar-refractivity contribution in [3.05, 3.63) is 48.7 Å². The lowest BCUT2D eigenvalue weighted by atomic mass is 9.98. The Morgan fingerprint density at radius 2 is 1.56 bits per heavy atom. The van der Waals surface area contributed by atoms with Crippen molar-refractivity contribution in [1.29, 1.82) is 0 Å². The van der Waals surface area contributed by atoms with Gasteiger partial charge in [0.2, 0.25) is 5.91 Å². The van der Waals surface area contributed by atoms with Gasteiger partial charge in [-0.2, -0.15) is 0 Å². The molecule has 3 fully saturated rings. The zero-order valence-electron chi connectivity index (χ0n) is 21.7. The van der Waals surface area contributed by atoms with Crippen LogP contribution in [0.5, 0.6) is 0 Å². The van der Waals surface area contributed by atoms with Crippen LogP contribution in [0.15, 0.2) is 53.6 Å². The number of fused-ring (bicyclic) bond motifs is 3. The van der Waals surface area contributed by atoms with Gasteiger partial charge < -0.3 is 34.3 Å². The first-order chi connectivity index (χ1) is 18.3. The summed E-state index contributed by atoms with van der Waals surface area (Å²) >= 11 is 0. The van der Waals surface area contributed by atoms with E-state index in [-0.39, 0.29) is 17.3 Å². The summed E-state index contributed by atoms with van der Waals surface area (Å²) in [7, 11) is -3.86. The van der Waals surface area contributed by atoms with Gasteiger partial charge in [0.25, 0.3) is 15.9 Å². The molecular formula is C25H30N4O9S. The summed E-state index contributed by atoms with van der Waals surface area (Å²) in [5, 5.41) is 5.17. The normalized spacial score (nSPS) is 28.7. The standard InChI is InChI=1S/C25H30N4O9S/c1-24(2)35-18-19(36-24)21-23(38-25(3,4)37-21)34-20(18)22(31)27-13-17(30)28-14-8-10-15(11-9-14)39(32,33)29-16-7-5-6-12-26-16/h5-12,18-21,23H,13H2,1-4H3,(H,26,29)(H,27,31)(H,28,30)/t18-,19+,20-,21-,23-/m1/s1. The lowest BCUT2D eigenvalue weighted by Gasteiger charge is -2.36. The average molecular weight is 563 g/mol. The van der Waals surface area contributed by atoms with E-state index < -0.39 is 64.1 Å². The largest absolute Gasteiger partial charge is 0.345 e. The van der Waals surface area contributed by atoms with Crippen LogP contribution in [0.2, 0.25) is 0 Å². The van der Waals surface area contributed by atoms with Crippen molar-refractivity contribution in [1.82, 2.24) is 10.3 Å². The van der Waals surface area contributed by atoms with Crippen LogP contribution in [-0.2, 0) is 43.3 Å². The fraction of sp³-hybridized carbons (Fsp3) is 0.480. The lowest BCUT2D eigenvalue weighted by Crippen LogP contribution is -2.59. The fourth-order valence-corrected chi connectivity index (χ4v) is 5.64. The highest BCUT2D eigenvalue weighted by Crippen LogP contribution is 2.44. The van der Waals surface area contributed by atoms with Crippen molar-refractivity contribution in [3.8, 4) is 0 Å². The number of amides is 2. The van der Waals surface area contributed by atoms with Crippen molar-refractivity contribution in [2.45, 2.75) is 74.9 Å². The quantitative estimate of drug-likeness (QED) is 0.449. The van der Waals surface area contributed by atoms with E-state index in [0.29, 0.717) is 5.69 Å². The molecule has 3 aliphatic rings. The number of ether oxygens (including phenoxy) is 5. The van der Waals surface area contributed by atoms with Gasteiger partial charge >= 0.3 is 0 Å². The second kappa shape index (κ2) is 10.1. The molecule has 0 spiro atoms. The minimum absolute atomic E-state index is 0.00949. The SMILES string of the molecule is CC1(C)O[C@H]2[C@@H](O1)[C@H](C(=O)NCC(=O)Nc1ccc(S(=O)(=O)Nc3ccccn3)cc1)O[C@@H]1OC(C)(C)O[C@@H]12. The summed E-state index contributed by atoms with van der Waals surface area (Å²) in [6.07, 6.45) is -2.42. The number of hydrogen-bond acceptors (Lipinski definition) is 10. The van der Waals surface area contributed by atoms with Gasteiger partial charge in [-0.1, -0.05) is 6.07 Å². The van der Waals surface area contributed by atoms with E-state index in [4.69, 9.17) is 23.7 Å². The zero-order valence-corrected chi connectivity index (χ0v) is 22.6. The van der Waals surface area contributed by atoms with Gasteiger partial charge in [-0.25, -0.2) is 13.4 Å². The Hall–Kier alpha value is -3.14. The van der Waals surface area contributed by atoms with E-state index in [0.717, 1.165) is 0 Å². The third kappa shape index (κ3) is 6.05. The van der Waals surface area contributed by atoms with Crippen LogP contribution in [0.4, 0.5) is 11.5 Å². The molecule has 5 rings (SSSR count). The van der Waals surface area contributed by atoms with Gasteiger partial charge in [-0.15, -0.1) is 0 Å². The number of sulfonamides is 1. The summed E-state index contributed by atoms with van der Waals surface area (Å²) in [5.41, 5.74) is 0.343. The molecule has 4 heterocycles. The Balaban J connectivity index is 1.17. The first-order valence-corrected chi connectivity index (χ1v) is 13.8. The Bertz CT molecular complexity index is 1340. The lowest BCUT2D eigenvalue weighted by molar-refractivity contribution is -0.231. The molecule has 2 aromatic rings. The van der Waals surface area contributed by atoms with Crippen LogP contribution >= 0.6 is 0 Å².